The van der Waals surface area contributed by atoms with E-state index in [1.54, 1.807) is 0 Å². The molecule has 88 valence electrons. The van der Waals surface area contributed by atoms with Crippen LogP contribution in [0, 0.1) is 17.0 Å². The molecule has 0 aliphatic rings. The summed E-state index contributed by atoms with van der Waals surface area (Å²) >= 11 is 0. The summed E-state index contributed by atoms with van der Waals surface area (Å²) in [4.78, 5) is 9.63. The van der Waals surface area contributed by atoms with Gasteiger partial charge in [0.25, 0.3) is 5.69 Å². The summed E-state index contributed by atoms with van der Waals surface area (Å²) < 4.78 is 37.1. The van der Waals surface area contributed by atoms with Gasteiger partial charge in [-0.15, -0.1) is 0 Å². The van der Waals surface area contributed by atoms with E-state index in [4.69, 9.17) is 5.11 Å². The van der Waals surface area contributed by atoms with Crippen LogP contribution >= 0.6 is 0 Å². The number of rotatable bonds is 2. The van der Waals surface area contributed by atoms with Crippen molar-refractivity contribution in [2.45, 2.75) is 19.7 Å². The molecule has 0 saturated heterocycles. The third kappa shape index (κ3) is 2.30. The molecule has 0 amide bonds. The highest BCUT2D eigenvalue weighted by molar-refractivity contribution is 5.48. The van der Waals surface area contributed by atoms with Gasteiger partial charge in [0.15, 0.2) is 0 Å². The summed E-state index contributed by atoms with van der Waals surface area (Å²) in [6, 6.07) is 1.18. The number of nitro benzene ring substituents is 1. The van der Waals surface area contributed by atoms with Crippen LogP contribution in [0.15, 0.2) is 12.1 Å². The number of nitro groups is 1. The Kier molecular flexibility index (Phi) is 3.18. The second-order valence-corrected chi connectivity index (χ2v) is 3.19. The maximum absolute atomic E-state index is 12.4. The van der Waals surface area contributed by atoms with Crippen LogP contribution in [0.2, 0.25) is 0 Å². The number of nitrogens with zero attached hydrogens (tertiary/aromatic N) is 1. The first-order valence-electron chi connectivity index (χ1n) is 4.23. The van der Waals surface area contributed by atoms with Gasteiger partial charge in [0, 0.05) is 11.6 Å². The highest BCUT2D eigenvalue weighted by atomic mass is 19.4. The standard InChI is InChI=1S/C9H8F3NO3/c1-5-6(4-14)2-7(9(10,11)12)3-8(5)13(15)16/h2-3,14H,4H2,1H3. The van der Waals surface area contributed by atoms with E-state index in [9.17, 15) is 23.3 Å². The van der Waals surface area contributed by atoms with Crippen LogP contribution in [0.3, 0.4) is 0 Å². The number of aliphatic hydroxyl groups is 1. The maximum atomic E-state index is 12.4. The third-order valence-electron chi connectivity index (χ3n) is 2.18. The average molecular weight is 235 g/mol. The number of alkyl halides is 3. The Morgan fingerprint density at radius 1 is 1.44 bits per heavy atom. The molecule has 0 saturated carbocycles. The molecular formula is C9H8F3NO3. The predicted molar refractivity (Wildman–Crippen MR) is 48.8 cm³/mol. The Morgan fingerprint density at radius 2 is 2.00 bits per heavy atom. The van der Waals surface area contributed by atoms with Crippen molar-refractivity contribution in [3.8, 4) is 0 Å². The second kappa shape index (κ2) is 4.09. The van der Waals surface area contributed by atoms with Gasteiger partial charge in [0.05, 0.1) is 17.1 Å². The highest BCUT2D eigenvalue weighted by Crippen LogP contribution is 2.34. The SMILES string of the molecule is Cc1c(CO)cc(C(F)(F)F)cc1[N+](=O)[O-]. The molecule has 1 aromatic carbocycles. The van der Waals surface area contributed by atoms with E-state index in [1.165, 1.54) is 6.92 Å². The third-order valence-corrected chi connectivity index (χ3v) is 2.18. The quantitative estimate of drug-likeness (QED) is 0.632. The van der Waals surface area contributed by atoms with Gasteiger partial charge in [-0.3, -0.25) is 10.1 Å². The van der Waals surface area contributed by atoms with Crippen LogP contribution < -0.4 is 0 Å². The van der Waals surface area contributed by atoms with Crippen molar-refractivity contribution >= 4 is 5.69 Å². The molecule has 0 atom stereocenters. The summed E-state index contributed by atoms with van der Waals surface area (Å²) in [5.41, 5.74) is -1.82. The maximum Gasteiger partial charge on any atom is 0.416 e. The molecule has 1 N–H and O–H groups in total. The minimum Gasteiger partial charge on any atom is -0.392 e. The van der Waals surface area contributed by atoms with E-state index >= 15 is 0 Å². The molecule has 0 aliphatic heterocycles. The minimum absolute atomic E-state index is 0.0421. The molecule has 0 bridgehead atoms. The van der Waals surface area contributed by atoms with Gasteiger partial charge in [-0.25, -0.2) is 0 Å². The highest BCUT2D eigenvalue weighted by Gasteiger charge is 2.33. The number of hydrogen-bond acceptors (Lipinski definition) is 3. The van der Waals surface area contributed by atoms with Crippen molar-refractivity contribution in [3.63, 3.8) is 0 Å². The smallest absolute Gasteiger partial charge is 0.392 e. The van der Waals surface area contributed by atoms with Crippen LogP contribution in [-0.2, 0) is 12.8 Å². The Balaban J connectivity index is 3.46. The van der Waals surface area contributed by atoms with Gasteiger partial charge >= 0.3 is 6.18 Å². The first-order valence-corrected chi connectivity index (χ1v) is 4.23. The lowest BCUT2D eigenvalue weighted by Crippen LogP contribution is -2.08. The zero-order valence-electron chi connectivity index (χ0n) is 8.21. The van der Waals surface area contributed by atoms with Gasteiger partial charge in [-0.2, -0.15) is 13.2 Å². The summed E-state index contributed by atoms with van der Waals surface area (Å²) in [5, 5.41) is 19.4. The molecule has 0 spiro atoms. The van der Waals surface area contributed by atoms with E-state index in [0.29, 0.717) is 12.1 Å². The summed E-state index contributed by atoms with van der Waals surface area (Å²) in [6.45, 7) is 0.625. The summed E-state index contributed by atoms with van der Waals surface area (Å²) in [5.74, 6) is 0. The lowest BCUT2D eigenvalue weighted by atomic mass is 10.0. The Labute approximate surface area is 88.5 Å². The molecule has 4 nitrogen and oxygen atoms in total. The molecule has 0 unspecified atom stereocenters. The first-order chi connectivity index (χ1) is 7.27. The van der Waals surface area contributed by atoms with E-state index in [0.717, 1.165) is 0 Å². The Bertz CT molecular complexity index is 429. The fraction of sp³-hybridized carbons (Fsp3) is 0.333. The van der Waals surface area contributed by atoms with Crippen LogP contribution in [-0.4, -0.2) is 10.0 Å². The summed E-state index contributed by atoms with van der Waals surface area (Å²) in [6.07, 6.45) is -4.66. The molecule has 1 aromatic rings. The molecular weight excluding hydrogens is 227 g/mol. The van der Waals surface area contributed by atoms with Crippen LogP contribution in [0.1, 0.15) is 16.7 Å². The van der Waals surface area contributed by atoms with E-state index in [-0.39, 0.29) is 11.1 Å². The molecule has 1 rings (SSSR count). The van der Waals surface area contributed by atoms with Crippen molar-refractivity contribution in [2.24, 2.45) is 0 Å². The Hall–Kier alpha value is -1.63. The van der Waals surface area contributed by atoms with Crippen molar-refractivity contribution in [2.75, 3.05) is 0 Å². The molecule has 7 heteroatoms. The van der Waals surface area contributed by atoms with Crippen molar-refractivity contribution in [3.05, 3.63) is 38.9 Å². The first kappa shape index (κ1) is 12.4. The van der Waals surface area contributed by atoms with Gasteiger partial charge in [-0.1, -0.05) is 0 Å². The van der Waals surface area contributed by atoms with E-state index < -0.39 is 29.0 Å². The normalized spacial score (nSPS) is 11.6. The fourth-order valence-electron chi connectivity index (χ4n) is 1.28. The zero-order valence-corrected chi connectivity index (χ0v) is 8.21. The number of aliphatic hydroxyl groups excluding tert-OH is 1. The lowest BCUT2D eigenvalue weighted by Gasteiger charge is -2.10. The molecule has 0 fully saturated rings. The lowest BCUT2D eigenvalue weighted by molar-refractivity contribution is -0.385. The van der Waals surface area contributed by atoms with Crippen molar-refractivity contribution in [1.29, 1.82) is 0 Å². The number of halogens is 3. The van der Waals surface area contributed by atoms with Crippen molar-refractivity contribution < 1.29 is 23.2 Å². The largest absolute Gasteiger partial charge is 0.416 e. The molecule has 0 aromatic heterocycles. The monoisotopic (exact) mass is 235 g/mol. The molecule has 0 aliphatic carbocycles. The zero-order chi connectivity index (χ0) is 12.5. The average Bonchev–Trinajstić information content (AvgIpc) is 2.15. The molecule has 0 heterocycles. The van der Waals surface area contributed by atoms with Crippen LogP contribution in [0.25, 0.3) is 0 Å². The van der Waals surface area contributed by atoms with Gasteiger partial charge in [-0.05, 0) is 18.6 Å². The van der Waals surface area contributed by atoms with Crippen LogP contribution in [0.5, 0.6) is 0 Å². The fourth-order valence-corrected chi connectivity index (χ4v) is 1.28. The van der Waals surface area contributed by atoms with Crippen LogP contribution in [0.4, 0.5) is 18.9 Å². The van der Waals surface area contributed by atoms with Gasteiger partial charge in [0.2, 0.25) is 0 Å². The van der Waals surface area contributed by atoms with Gasteiger partial charge in [0.1, 0.15) is 0 Å². The van der Waals surface area contributed by atoms with E-state index in [2.05, 4.69) is 0 Å². The minimum atomic E-state index is -4.66. The number of benzene rings is 1. The topological polar surface area (TPSA) is 63.4 Å². The van der Waals surface area contributed by atoms with Crippen molar-refractivity contribution in [1.82, 2.24) is 0 Å². The predicted octanol–water partition coefficient (Wildman–Crippen LogP) is 2.41. The van der Waals surface area contributed by atoms with E-state index in [1.807, 2.05) is 0 Å². The Morgan fingerprint density at radius 3 is 2.38 bits per heavy atom. The van der Waals surface area contributed by atoms with Gasteiger partial charge < -0.3 is 5.11 Å². The molecule has 16 heavy (non-hydrogen) atoms. The molecule has 0 radical (unpaired) electrons. The summed E-state index contributed by atoms with van der Waals surface area (Å²) in [7, 11) is 0. The second-order valence-electron chi connectivity index (χ2n) is 3.19. The number of hydrogen-bond donors (Lipinski definition) is 1.